The van der Waals surface area contributed by atoms with Crippen LogP contribution in [0.2, 0.25) is 0 Å². The fraction of sp³-hybridized carbons (Fsp3) is 0.368. The molecule has 12 heteroatoms. The summed E-state index contributed by atoms with van der Waals surface area (Å²) >= 11 is 2.55. The van der Waals surface area contributed by atoms with E-state index in [-0.39, 0.29) is 28.9 Å². The maximum absolute atomic E-state index is 12.7. The molecular weight excluding hydrogens is 440 g/mol. The van der Waals surface area contributed by atoms with Crippen LogP contribution >= 0.6 is 22.7 Å². The Labute approximate surface area is 185 Å². The van der Waals surface area contributed by atoms with Crippen LogP contribution in [0.5, 0.6) is 0 Å². The third-order valence-electron chi connectivity index (χ3n) is 4.69. The second-order valence-corrected chi connectivity index (χ2v) is 8.96. The van der Waals surface area contributed by atoms with Crippen LogP contribution in [0.4, 0.5) is 0 Å². The zero-order valence-corrected chi connectivity index (χ0v) is 18.8. The number of rotatable bonds is 0. The standard InChI is InChI=1S/C19H20N6O4S2/c1-7-17-25-13(10(4)29-17)16(28)22-9(3)19-24-12(6-31-19)15(27)21-8(2)18-23-11(5-30-18)14(26)20-7/h5-9H,1-4H3,(H,20,26)(H,21,27)(H,22,28)/t7-,8-,9-/m1/s1. The third-order valence-corrected chi connectivity index (χ3v) is 6.75. The van der Waals surface area contributed by atoms with Crippen molar-refractivity contribution in [3.8, 4) is 0 Å². The number of amides is 3. The van der Waals surface area contributed by atoms with Crippen molar-refractivity contribution in [2.24, 2.45) is 0 Å². The maximum Gasteiger partial charge on any atom is 0.274 e. The molecule has 0 fully saturated rings. The monoisotopic (exact) mass is 460 g/mol. The average molecular weight is 461 g/mol. The number of thiazole rings is 2. The minimum absolute atomic E-state index is 0.128. The molecule has 3 atom stereocenters. The highest BCUT2D eigenvalue weighted by Crippen LogP contribution is 2.23. The highest BCUT2D eigenvalue weighted by atomic mass is 32.1. The zero-order valence-electron chi connectivity index (χ0n) is 17.2. The van der Waals surface area contributed by atoms with Gasteiger partial charge in [-0.25, -0.2) is 15.0 Å². The van der Waals surface area contributed by atoms with Crippen molar-refractivity contribution in [2.75, 3.05) is 0 Å². The first-order valence-corrected chi connectivity index (χ1v) is 11.3. The van der Waals surface area contributed by atoms with Crippen molar-refractivity contribution in [2.45, 2.75) is 45.8 Å². The van der Waals surface area contributed by atoms with Gasteiger partial charge in [-0.3, -0.25) is 14.4 Å². The molecule has 0 unspecified atom stereocenters. The molecule has 1 aliphatic heterocycles. The molecule has 0 radical (unpaired) electrons. The summed E-state index contributed by atoms with van der Waals surface area (Å²) in [5.41, 5.74) is 0.598. The number of carbonyl (C=O) groups is 3. The van der Waals surface area contributed by atoms with Gasteiger partial charge in [0.1, 0.15) is 33.2 Å². The summed E-state index contributed by atoms with van der Waals surface area (Å²) in [6.45, 7) is 6.90. The van der Waals surface area contributed by atoms with Crippen molar-refractivity contribution in [1.29, 1.82) is 0 Å². The second-order valence-electron chi connectivity index (χ2n) is 7.18. The van der Waals surface area contributed by atoms with Crippen LogP contribution in [0.3, 0.4) is 0 Å². The van der Waals surface area contributed by atoms with E-state index in [0.29, 0.717) is 15.8 Å². The number of nitrogens with one attached hydrogen (secondary N) is 3. The number of hydrogen-bond donors (Lipinski definition) is 3. The van der Waals surface area contributed by atoms with Crippen molar-refractivity contribution < 1.29 is 18.8 Å². The Bertz CT molecular complexity index is 1170. The van der Waals surface area contributed by atoms with Gasteiger partial charge in [-0.05, 0) is 27.7 Å². The fourth-order valence-electron chi connectivity index (χ4n) is 2.99. The Hall–Kier alpha value is -3.12. The lowest BCUT2D eigenvalue weighted by molar-refractivity contribution is 0.0924. The molecular formula is C19H20N6O4S2. The van der Waals surface area contributed by atoms with E-state index in [2.05, 4.69) is 30.9 Å². The van der Waals surface area contributed by atoms with Crippen molar-refractivity contribution in [3.63, 3.8) is 0 Å². The topological polar surface area (TPSA) is 139 Å². The van der Waals surface area contributed by atoms with Gasteiger partial charge in [0.05, 0.1) is 12.1 Å². The van der Waals surface area contributed by atoms with Gasteiger partial charge in [-0.15, -0.1) is 22.7 Å². The lowest BCUT2D eigenvalue weighted by Gasteiger charge is -2.11. The van der Waals surface area contributed by atoms with Gasteiger partial charge in [0.25, 0.3) is 17.7 Å². The molecule has 1 aliphatic rings. The van der Waals surface area contributed by atoms with E-state index in [1.54, 1.807) is 38.5 Å². The van der Waals surface area contributed by atoms with Crippen LogP contribution in [0.25, 0.3) is 0 Å². The van der Waals surface area contributed by atoms with E-state index in [1.165, 1.54) is 22.7 Å². The van der Waals surface area contributed by atoms with Gasteiger partial charge >= 0.3 is 0 Å². The van der Waals surface area contributed by atoms with Gasteiger partial charge in [-0.1, -0.05) is 0 Å². The third kappa shape index (κ3) is 4.21. The summed E-state index contributed by atoms with van der Waals surface area (Å²) in [6, 6.07) is -1.42. The molecule has 0 spiro atoms. The summed E-state index contributed by atoms with van der Waals surface area (Å²) in [6.07, 6.45) is 0. The molecule has 3 N–H and O–H groups in total. The van der Waals surface area contributed by atoms with Crippen LogP contribution in [0.1, 0.15) is 92.0 Å². The van der Waals surface area contributed by atoms with Gasteiger partial charge in [-0.2, -0.15) is 0 Å². The molecule has 4 rings (SSSR count). The summed E-state index contributed by atoms with van der Waals surface area (Å²) in [4.78, 5) is 50.9. The molecule has 0 aliphatic carbocycles. The van der Waals surface area contributed by atoms with E-state index in [0.717, 1.165) is 0 Å². The van der Waals surface area contributed by atoms with E-state index >= 15 is 0 Å². The number of aryl methyl sites for hydroxylation is 1. The Kier molecular flexibility index (Phi) is 5.58. The molecule has 6 bridgehead atoms. The smallest absolute Gasteiger partial charge is 0.274 e. The van der Waals surface area contributed by atoms with Crippen LogP contribution in [0.15, 0.2) is 15.2 Å². The molecule has 162 valence electrons. The molecule has 0 saturated heterocycles. The highest BCUT2D eigenvalue weighted by molar-refractivity contribution is 7.10. The van der Waals surface area contributed by atoms with Crippen LogP contribution in [0, 0.1) is 6.92 Å². The average Bonchev–Trinajstić information content (AvgIpc) is 3.46. The first-order valence-electron chi connectivity index (χ1n) is 9.53. The Morgan fingerprint density at radius 1 is 0.774 bits per heavy atom. The first-order chi connectivity index (χ1) is 14.7. The Morgan fingerprint density at radius 3 is 1.81 bits per heavy atom. The normalized spacial score (nSPS) is 22.2. The number of aromatic nitrogens is 3. The SMILES string of the molecule is Cc1oc2nc1C(=O)N[C@H](C)c1nc(cs1)C(=O)N[C@H](C)c1nc(cs1)C(=O)N[C@@H]2C. The minimum atomic E-state index is -0.576. The first kappa shape index (κ1) is 21.1. The number of nitrogens with zero attached hydrogens (tertiary/aromatic N) is 3. The predicted octanol–water partition coefficient (Wildman–Crippen LogP) is 2.68. The minimum Gasteiger partial charge on any atom is -0.443 e. The molecule has 4 heterocycles. The fourth-order valence-corrected chi connectivity index (χ4v) is 4.60. The summed E-state index contributed by atoms with van der Waals surface area (Å²) in [5.74, 6) is -0.644. The number of oxazole rings is 1. The number of hydrogen-bond acceptors (Lipinski definition) is 9. The molecule has 0 aromatic carbocycles. The number of fused-ring (bicyclic) bond motifs is 6. The Morgan fingerprint density at radius 2 is 1.26 bits per heavy atom. The highest BCUT2D eigenvalue weighted by Gasteiger charge is 2.26. The van der Waals surface area contributed by atoms with Gasteiger partial charge < -0.3 is 20.4 Å². The molecule has 10 nitrogen and oxygen atoms in total. The Balaban J connectivity index is 1.71. The van der Waals surface area contributed by atoms with E-state index in [9.17, 15) is 14.4 Å². The lowest BCUT2D eigenvalue weighted by atomic mass is 10.3. The summed E-state index contributed by atoms with van der Waals surface area (Å²) in [5, 5.41) is 12.9. The van der Waals surface area contributed by atoms with Crippen molar-refractivity contribution >= 4 is 40.4 Å². The van der Waals surface area contributed by atoms with E-state index in [1.807, 2.05) is 0 Å². The second kappa shape index (κ2) is 8.19. The van der Waals surface area contributed by atoms with Crippen molar-refractivity contribution in [1.82, 2.24) is 30.9 Å². The van der Waals surface area contributed by atoms with Gasteiger partial charge in [0.15, 0.2) is 5.69 Å². The molecule has 31 heavy (non-hydrogen) atoms. The lowest BCUT2D eigenvalue weighted by Crippen LogP contribution is -2.30. The molecule has 0 saturated carbocycles. The largest absolute Gasteiger partial charge is 0.443 e. The van der Waals surface area contributed by atoms with E-state index in [4.69, 9.17) is 4.42 Å². The van der Waals surface area contributed by atoms with Gasteiger partial charge in [0, 0.05) is 10.8 Å². The quantitative estimate of drug-likeness (QED) is 0.469. The van der Waals surface area contributed by atoms with E-state index < -0.39 is 29.9 Å². The van der Waals surface area contributed by atoms with Gasteiger partial charge in [0.2, 0.25) is 5.89 Å². The van der Waals surface area contributed by atoms with Crippen LogP contribution in [-0.4, -0.2) is 32.7 Å². The summed E-state index contributed by atoms with van der Waals surface area (Å²) < 4.78 is 5.62. The molecule has 3 amide bonds. The molecule has 3 aromatic heterocycles. The maximum atomic E-state index is 12.7. The van der Waals surface area contributed by atoms with Crippen molar-refractivity contribution in [3.05, 3.63) is 49.5 Å². The number of carbonyl (C=O) groups excluding carboxylic acids is 3. The molecule has 3 aromatic rings. The van der Waals surface area contributed by atoms with Crippen LogP contribution < -0.4 is 16.0 Å². The predicted molar refractivity (Wildman–Crippen MR) is 113 cm³/mol. The zero-order chi connectivity index (χ0) is 22.3. The summed E-state index contributed by atoms with van der Waals surface area (Å²) in [7, 11) is 0. The van der Waals surface area contributed by atoms with Crippen LogP contribution in [-0.2, 0) is 0 Å².